The summed E-state index contributed by atoms with van der Waals surface area (Å²) < 4.78 is 5.64. The number of Topliss-reactive ketones (excluding diaryl/α,β-unsaturated/α-hetero) is 1. The molecule has 0 aliphatic carbocycles. The lowest BCUT2D eigenvalue weighted by Gasteiger charge is -2.20. The normalized spacial score (nSPS) is 13.8. The molecule has 1 aliphatic heterocycles. The van der Waals surface area contributed by atoms with E-state index in [1.165, 1.54) is 11.8 Å². The van der Waals surface area contributed by atoms with E-state index in [0.717, 1.165) is 27.6 Å². The summed E-state index contributed by atoms with van der Waals surface area (Å²) >= 11 is 0. The van der Waals surface area contributed by atoms with Gasteiger partial charge in [-0.15, -0.1) is 0 Å². The fourth-order valence-corrected chi connectivity index (χ4v) is 5.36. The molecule has 6 rings (SSSR count). The molecule has 0 N–H and O–H groups in total. The fraction of sp³-hybridized carbons (Fsp3) is 0.135. The molecule has 1 aliphatic rings. The maximum absolute atomic E-state index is 13.4. The van der Waals surface area contributed by atoms with E-state index in [1.807, 2.05) is 57.2 Å². The van der Waals surface area contributed by atoms with Crippen LogP contribution in [0, 0.1) is 0 Å². The zero-order chi connectivity index (χ0) is 30.3. The lowest BCUT2D eigenvalue weighted by molar-refractivity contribution is -0.116. The third-order valence-electron chi connectivity index (χ3n) is 7.21. The number of hydrogen-bond acceptors (Lipinski definition) is 5. The molecular formula is C37H30N2O4. The van der Waals surface area contributed by atoms with Gasteiger partial charge in [0.1, 0.15) is 5.60 Å². The topological polar surface area (TPSA) is 76.6 Å². The summed E-state index contributed by atoms with van der Waals surface area (Å²) in [6.07, 6.45) is 1.66. The molecular weight excluding hydrogens is 536 g/mol. The van der Waals surface area contributed by atoms with Crippen molar-refractivity contribution in [1.82, 2.24) is 4.98 Å². The maximum Gasteiger partial charge on any atom is 0.338 e. The van der Waals surface area contributed by atoms with Crippen LogP contribution in [0.2, 0.25) is 0 Å². The number of ketones is 1. The van der Waals surface area contributed by atoms with E-state index in [0.29, 0.717) is 28.0 Å². The molecule has 2 heterocycles. The van der Waals surface area contributed by atoms with E-state index in [-0.39, 0.29) is 17.4 Å². The Morgan fingerprint density at radius 2 is 1.47 bits per heavy atom. The van der Waals surface area contributed by atoms with Gasteiger partial charge in [0, 0.05) is 17.9 Å². The van der Waals surface area contributed by atoms with E-state index < -0.39 is 11.6 Å². The van der Waals surface area contributed by atoms with Crippen LogP contribution in [0.15, 0.2) is 109 Å². The van der Waals surface area contributed by atoms with Crippen molar-refractivity contribution in [2.24, 2.45) is 0 Å². The van der Waals surface area contributed by atoms with Crippen LogP contribution < -0.4 is 4.90 Å². The molecule has 5 aromatic rings. The first-order chi connectivity index (χ1) is 20.6. The van der Waals surface area contributed by atoms with Gasteiger partial charge in [0.15, 0.2) is 0 Å². The highest BCUT2D eigenvalue weighted by Crippen LogP contribution is 2.37. The molecule has 0 atom stereocenters. The van der Waals surface area contributed by atoms with Gasteiger partial charge >= 0.3 is 5.97 Å². The van der Waals surface area contributed by atoms with Crippen molar-refractivity contribution >= 4 is 40.3 Å². The number of aromatic nitrogens is 1. The Balaban J connectivity index is 1.54. The summed E-state index contributed by atoms with van der Waals surface area (Å²) in [6.45, 7) is 6.94. The molecule has 212 valence electrons. The third-order valence-corrected chi connectivity index (χ3v) is 7.21. The van der Waals surface area contributed by atoms with Gasteiger partial charge in [-0.05, 0) is 91.6 Å². The zero-order valence-electron chi connectivity index (χ0n) is 24.4. The molecule has 0 radical (unpaired) electrons. The summed E-state index contributed by atoms with van der Waals surface area (Å²) in [6, 6.07) is 32.5. The van der Waals surface area contributed by atoms with Crippen molar-refractivity contribution < 1.29 is 19.1 Å². The Morgan fingerprint density at radius 3 is 2.21 bits per heavy atom. The van der Waals surface area contributed by atoms with Crippen LogP contribution in [0.4, 0.5) is 5.69 Å². The number of carbonyl (C=O) groups excluding carboxylic acids is 3. The summed E-state index contributed by atoms with van der Waals surface area (Å²) in [5, 5.41) is 0.764. The van der Waals surface area contributed by atoms with Crippen LogP contribution in [0.1, 0.15) is 54.1 Å². The standard InChI is InChI=1S/C37H30N2O4/c1-23(40)39-33-16-9-8-15-29(33)35(41)34(39)22-28-21-30(26-14-10-13-25(19-26)24-11-6-5-7-12-24)31-20-27(17-18-32(31)38-28)36(42)43-37(2,3)4/h5-22H,1-4H3/b34-22-. The highest BCUT2D eigenvalue weighted by Gasteiger charge is 2.34. The zero-order valence-corrected chi connectivity index (χ0v) is 24.4. The molecule has 0 fully saturated rings. The van der Waals surface area contributed by atoms with Crippen LogP contribution >= 0.6 is 0 Å². The van der Waals surface area contributed by atoms with Crippen LogP contribution in [-0.2, 0) is 9.53 Å². The predicted molar refractivity (Wildman–Crippen MR) is 170 cm³/mol. The first kappa shape index (κ1) is 27.8. The molecule has 0 bridgehead atoms. The minimum Gasteiger partial charge on any atom is -0.456 e. The molecule has 0 saturated heterocycles. The molecule has 4 aromatic carbocycles. The number of para-hydroxylation sites is 1. The molecule has 43 heavy (non-hydrogen) atoms. The average Bonchev–Trinajstić information content (AvgIpc) is 3.27. The van der Waals surface area contributed by atoms with E-state index in [2.05, 4.69) is 24.3 Å². The Kier molecular flexibility index (Phi) is 6.98. The second-order valence-electron chi connectivity index (χ2n) is 11.5. The molecule has 1 amide bonds. The van der Waals surface area contributed by atoms with Gasteiger partial charge in [-0.25, -0.2) is 9.78 Å². The van der Waals surface area contributed by atoms with Gasteiger partial charge in [0.25, 0.3) is 0 Å². The number of benzene rings is 4. The Bertz CT molecular complexity index is 1950. The van der Waals surface area contributed by atoms with Gasteiger partial charge in [-0.3, -0.25) is 14.5 Å². The molecule has 6 nitrogen and oxygen atoms in total. The largest absolute Gasteiger partial charge is 0.456 e. The van der Waals surface area contributed by atoms with Gasteiger partial charge in [0.2, 0.25) is 11.7 Å². The third kappa shape index (κ3) is 5.47. The van der Waals surface area contributed by atoms with Crippen molar-refractivity contribution in [2.75, 3.05) is 4.90 Å². The van der Waals surface area contributed by atoms with E-state index >= 15 is 0 Å². The van der Waals surface area contributed by atoms with Gasteiger partial charge < -0.3 is 4.74 Å². The summed E-state index contributed by atoms with van der Waals surface area (Å²) in [7, 11) is 0. The van der Waals surface area contributed by atoms with E-state index in [9.17, 15) is 14.4 Å². The summed E-state index contributed by atoms with van der Waals surface area (Å²) in [5.41, 5.74) is 6.07. The SMILES string of the molecule is CC(=O)N1/C(=C\c2cc(-c3cccc(-c4ccccc4)c3)c3cc(C(=O)OC(C)(C)C)ccc3n2)C(=O)c2ccccc21. The Hall–Kier alpha value is -5.36. The van der Waals surface area contributed by atoms with Crippen LogP contribution in [-0.4, -0.2) is 28.2 Å². The number of esters is 1. The van der Waals surface area contributed by atoms with Crippen LogP contribution in [0.5, 0.6) is 0 Å². The first-order valence-corrected chi connectivity index (χ1v) is 14.1. The van der Waals surface area contributed by atoms with Crippen LogP contribution in [0.25, 0.3) is 39.2 Å². The number of allylic oxidation sites excluding steroid dienone is 1. The number of ether oxygens (including phenoxy) is 1. The summed E-state index contributed by atoms with van der Waals surface area (Å²) in [4.78, 5) is 45.4. The number of nitrogens with zero attached hydrogens (tertiary/aromatic N) is 2. The Morgan fingerprint density at radius 1 is 0.767 bits per heavy atom. The smallest absolute Gasteiger partial charge is 0.338 e. The van der Waals surface area contributed by atoms with E-state index in [1.54, 1.807) is 48.5 Å². The van der Waals surface area contributed by atoms with Crippen LogP contribution in [0.3, 0.4) is 0 Å². The van der Waals surface area contributed by atoms with E-state index in [4.69, 9.17) is 9.72 Å². The number of amides is 1. The molecule has 0 saturated carbocycles. The van der Waals surface area contributed by atoms with Crippen molar-refractivity contribution in [1.29, 1.82) is 0 Å². The van der Waals surface area contributed by atoms with Crippen molar-refractivity contribution in [3.8, 4) is 22.3 Å². The monoisotopic (exact) mass is 566 g/mol. The number of anilines is 1. The first-order valence-electron chi connectivity index (χ1n) is 14.1. The van der Waals surface area contributed by atoms with Crippen molar-refractivity contribution in [2.45, 2.75) is 33.3 Å². The molecule has 1 aromatic heterocycles. The number of carbonyl (C=O) groups is 3. The minimum absolute atomic E-state index is 0.236. The second kappa shape index (κ2) is 10.8. The van der Waals surface area contributed by atoms with Gasteiger partial charge in [-0.2, -0.15) is 0 Å². The van der Waals surface area contributed by atoms with Crippen molar-refractivity contribution in [3.63, 3.8) is 0 Å². The fourth-order valence-electron chi connectivity index (χ4n) is 5.36. The minimum atomic E-state index is -0.638. The molecule has 0 unspecified atom stereocenters. The van der Waals surface area contributed by atoms with Crippen molar-refractivity contribution in [3.05, 3.63) is 126 Å². The summed E-state index contributed by atoms with van der Waals surface area (Å²) in [5.74, 6) is -0.917. The number of pyridine rings is 1. The lowest BCUT2D eigenvalue weighted by Crippen LogP contribution is -2.25. The van der Waals surface area contributed by atoms with Gasteiger partial charge in [-0.1, -0.05) is 60.7 Å². The average molecular weight is 567 g/mol. The number of fused-ring (bicyclic) bond motifs is 2. The number of rotatable bonds is 4. The molecule has 6 heteroatoms. The second-order valence-corrected chi connectivity index (χ2v) is 11.5. The highest BCUT2D eigenvalue weighted by molar-refractivity contribution is 6.26. The predicted octanol–water partition coefficient (Wildman–Crippen LogP) is 8.11. The highest BCUT2D eigenvalue weighted by atomic mass is 16.6. The van der Waals surface area contributed by atoms with Gasteiger partial charge in [0.05, 0.1) is 28.2 Å². The maximum atomic E-state index is 13.4. The Labute approximate surface area is 250 Å². The molecule has 0 spiro atoms. The quantitative estimate of drug-likeness (QED) is 0.162. The lowest BCUT2D eigenvalue weighted by atomic mass is 9.95. The number of hydrogen-bond donors (Lipinski definition) is 0.